The number of nitrogens with zero attached hydrogens (tertiary/aromatic N) is 1. The van der Waals surface area contributed by atoms with Gasteiger partial charge in [-0.25, -0.2) is 0 Å². The maximum atomic E-state index is 11.9. The van der Waals surface area contributed by atoms with Crippen LogP contribution in [0.4, 0.5) is 5.69 Å². The molecule has 7 nitrogen and oxygen atoms in total. The summed E-state index contributed by atoms with van der Waals surface area (Å²) >= 11 is 5.02. The number of carbonyl (C=O) groups excluding carboxylic acids is 2. The third-order valence-electron chi connectivity index (χ3n) is 2.87. The number of benzene rings is 1. The molecule has 2 amide bonds. The second-order valence-corrected chi connectivity index (χ2v) is 5.20. The molecule has 0 aromatic heterocycles. The van der Waals surface area contributed by atoms with Crippen LogP contribution in [0.1, 0.15) is 29.6 Å². The SMILES string of the molecule is N#CCC(=O)Nc1ccc(C(=O)NNC(=S)NC2CC2)cc1. The van der Waals surface area contributed by atoms with Crippen LogP contribution in [0, 0.1) is 11.3 Å². The number of hydrogen-bond donors (Lipinski definition) is 4. The van der Waals surface area contributed by atoms with Crippen molar-refractivity contribution < 1.29 is 9.59 Å². The van der Waals surface area contributed by atoms with Crippen LogP contribution in [-0.4, -0.2) is 23.0 Å². The van der Waals surface area contributed by atoms with Gasteiger partial charge in [-0.2, -0.15) is 5.26 Å². The Morgan fingerprint density at radius 2 is 1.91 bits per heavy atom. The van der Waals surface area contributed by atoms with Crippen LogP contribution in [0.2, 0.25) is 0 Å². The summed E-state index contributed by atoms with van der Waals surface area (Å²) in [5.74, 6) is -0.729. The molecule has 1 aromatic carbocycles. The van der Waals surface area contributed by atoms with Gasteiger partial charge >= 0.3 is 0 Å². The van der Waals surface area contributed by atoms with E-state index in [4.69, 9.17) is 17.5 Å². The van der Waals surface area contributed by atoms with Crippen molar-refractivity contribution in [2.45, 2.75) is 25.3 Å². The molecule has 1 saturated carbocycles. The van der Waals surface area contributed by atoms with Gasteiger partial charge in [0.15, 0.2) is 5.11 Å². The predicted octanol–water partition coefficient (Wildman–Crippen LogP) is 0.810. The van der Waals surface area contributed by atoms with Gasteiger partial charge in [0.25, 0.3) is 5.91 Å². The van der Waals surface area contributed by atoms with Crippen molar-refractivity contribution in [1.82, 2.24) is 16.2 Å². The first kappa shape index (κ1) is 15.7. The van der Waals surface area contributed by atoms with Gasteiger partial charge in [-0.3, -0.25) is 20.4 Å². The van der Waals surface area contributed by atoms with Crippen molar-refractivity contribution in [3.8, 4) is 6.07 Å². The van der Waals surface area contributed by atoms with Crippen LogP contribution >= 0.6 is 12.2 Å². The van der Waals surface area contributed by atoms with E-state index in [0.717, 1.165) is 12.8 Å². The monoisotopic (exact) mass is 317 g/mol. The van der Waals surface area contributed by atoms with E-state index in [2.05, 4.69) is 21.5 Å². The van der Waals surface area contributed by atoms with E-state index in [-0.39, 0.29) is 12.3 Å². The van der Waals surface area contributed by atoms with Crippen molar-refractivity contribution in [2.75, 3.05) is 5.32 Å². The molecule has 0 saturated heterocycles. The second kappa shape index (κ2) is 7.38. The first-order valence-corrected chi connectivity index (χ1v) is 7.13. The summed E-state index contributed by atoms with van der Waals surface area (Å²) < 4.78 is 0. The highest BCUT2D eigenvalue weighted by molar-refractivity contribution is 7.80. The van der Waals surface area contributed by atoms with Gasteiger partial charge in [0.1, 0.15) is 6.42 Å². The minimum absolute atomic E-state index is 0.211. The molecule has 0 heterocycles. The molecule has 0 radical (unpaired) electrons. The minimum atomic E-state index is -0.391. The Morgan fingerprint density at radius 3 is 2.50 bits per heavy atom. The number of amides is 2. The van der Waals surface area contributed by atoms with Crippen molar-refractivity contribution >= 4 is 34.8 Å². The van der Waals surface area contributed by atoms with E-state index in [1.54, 1.807) is 30.3 Å². The first-order chi connectivity index (χ1) is 10.6. The zero-order chi connectivity index (χ0) is 15.9. The highest BCUT2D eigenvalue weighted by Gasteiger charge is 2.21. The summed E-state index contributed by atoms with van der Waals surface area (Å²) in [5.41, 5.74) is 6.06. The number of thiocarbonyl (C=S) groups is 1. The molecule has 2 rings (SSSR count). The lowest BCUT2D eigenvalue weighted by Crippen LogP contribution is -2.47. The van der Waals surface area contributed by atoms with Gasteiger partial charge < -0.3 is 10.6 Å². The Balaban J connectivity index is 1.81. The van der Waals surface area contributed by atoms with E-state index in [9.17, 15) is 9.59 Å². The lowest BCUT2D eigenvalue weighted by molar-refractivity contribution is -0.115. The molecule has 0 bridgehead atoms. The highest BCUT2D eigenvalue weighted by Crippen LogP contribution is 2.18. The summed E-state index contributed by atoms with van der Waals surface area (Å²) in [5, 5.41) is 14.4. The smallest absolute Gasteiger partial charge is 0.269 e. The molecule has 0 spiro atoms. The summed E-state index contributed by atoms with van der Waals surface area (Å²) in [6, 6.07) is 8.48. The number of carbonyl (C=O) groups is 2. The van der Waals surface area contributed by atoms with Crippen molar-refractivity contribution in [3.63, 3.8) is 0 Å². The van der Waals surface area contributed by atoms with Crippen LogP contribution < -0.4 is 21.5 Å². The van der Waals surface area contributed by atoms with Gasteiger partial charge in [0, 0.05) is 17.3 Å². The molecule has 0 unspecified atom stereocenters. The third-order valence-corrected chi connectivity index (χ3v) is 3.09. The Hall–Kier alpha value is -2.66. The van der Waals surface area contributed by atoms with Gasteiger partial charge in [-0.15, -0.1) is 0 Å². The largest absolute Gasteiger partial charge is 0.359 e. The summed E-state index contributed by atoms with van der Waals surface area (Å²) in [4.78, 5) is 23.2. The van der Waals surface area contributed by atoms with Gasteiger partial charge in [0.05, 0.1) is 6.07 Å². The zero-order valence-corrected chi connectivity index (χ0v) is 12.5. The molecular formula is C14H15N5O2S. The molecule has 1 aromatic rings. The maximum Gasteiger partial charge on any atom is 0.269 e. The number of rotatable bonds is 4. The van der Waals surface area contributed by atoms with Gasteiger partial charge in [0.2, 0.25) is 5.91 Å². The van der Waals surface area contributed by atoms with E-state index in [0.29, 0.717) is 22.4 Å². The number of anilines is 1. The van der Waals surface area contributed by atoms with Crippen LogP contribution in [0.3, 0.4) is 0 Å². The molecular weight excluding hydrogens is 302 g/mol. The summed E-state index contributed by atoms with van der Waals surface area (Å²) in [6.45, 7) is 0. The molecule has 0 aliphatic heterocycles. The molecule has 8 heteroatoms. The lowest BCUT2D eigenvalue weighted by Gasteiger charge is -2.11. The zero-order valence-electron chi connectivity index (χ0n) is 11.7. The average Bonchev–Trinajstić information content (AvgIpc) is 3.29. The molecule has 0 atom stereocenters. The Bertz CT molecular complexity index is 619. The Morgan fingerprint density at radius 1 is 1.23 bits per heavy atom. The molecule has 1 aliphatic carbocycles. The average molecular weight is 317 g/mol. The standard InChI is InChI=1S/C14H15N5O2S/c15-8-7-12(20)16-10-3-1-9(2-4-10)13(21)18-19-14(22)17-11-5-6-11/h1-4,11H,5-7H2,(H,16,20)(H,18,21)(H2,17,19,22). The van der Waals surface area contributed by atoms with Crippen LogP contribution in [-0.2, 0) is 4.79 Å². The lowest BCUT2D eigenvalue weighted by atomic mass is 10.2. The molecule has 1 aliphatic rings. The van der Waals surface area contributed by atoms with Crippen LogP contribution in [0.15, 0.2) is 24.3 Å². The maximum absolute atomic E-state index is 11.9. The number of hydrogen-bond acceptors (Lipinski definition) is 4. The van der Waals surface area contributed by atoms with Crippen molar-refractivity contribution in [3.05, 3.63) is 29.8 Å². The Kier molecular flexibility index (Phi) is 5.27. The molecule has 4 N–H and O–H groups in total. The summed E-state index contributed by atoms with van der Waals surface area (Å²) in [6.07, 6.45) is 1.97. The fourth-order valence-corrected chi connectivity index (χ4v) is 1.83. The van der Waals surface area contributed by atoms with Crippen molar-refractivity contribution in [2.24, 2.45) is 0 Å². The van der Waals surface area contributed by atoms with Crippen LogP contribution in [0.25, 0.3) is 0 Å². The highest BCUT2D eigenvalue weighted by atomic mass is 32.1. The van der Waals surface area contributed by atoms with Crippen molar-refractivity contribution in [1.29, 1.82) is 5.26 Å². The van der Waals surface area contributed by atoms with Gasteiger partial charge in [-0.1, -0.05) is 0 Å². The Labute approximate surface area is 133 Å². The number of nitriles is 1. The number of nitrogens with one attached hydrogen (secondary N) is 4. The van der Waals surface area contributed by atoms with E-state index >= 15 is 0 Å². The predicted molar refractivity (Wildman–Crippen MR) is 84.7 cm³/mol. The third kappa shape index (κ3) is 5.03. The quantitative estimate of drug-likeness (QED) is 0.484. The first-order valence-electron chi connectivity index (χ1n) is 6.72. The van der Waals surface area contributed by atoms with E-state index in [1.807, 2.05) is 0 Å². The molecule has 114 valence electrons. The number of hydrazine groups is 1. The van der Waals surface area contributed by atoms with Gasteiger partial charge in [-0.05, 0) is 49.3 Å². The fourth-order valence-electron chi connectivity index (χ4n) is 1.62. The second-order valence-electron chi connectivity index (χ2n) is 4.79. The summed E-state index contributed by atoms with van der Waals surface area (Å²) in [7, 11) is 0. The van der Waals surface area contributed by atoms with E-state index in [1.165, 1.54) is 0 Å². The molecule has 22 heavy (non-hydrogen) atoms. The minimum Gasteiger partial charge on any atom is -0.359 e. The van der Waals surface area contributed by atoms with Crippen LogP contribution in [0.5, 0.6) is 0 Å². The normalized spacial score (nSPS) is 12.7. The fraction of sp³-hybridized carbons (Fsp3) is 0.286. The molecule has 1 fully saturated rings. The van der Waals surface area contributed by atoms with E-state index < -0.39 is 5.91 Å². The topological polar surface area (TPSA) is 106 Å².